The molecule has 0 aliphatic carbocycles. The number of carbonyl (C=O) groups is 2. The first-order valence-corrected chi connectivity index (χ1v) is 5.90. The van der Waals surface area contributed by atoms with E-state index in [4.69, 9.17) is 11.5 Å². The van der Waals surface area contributed by atoms with Gasteiger partial charge >= 0.3 is 12.1 Å². The van der Waals surface area contributed by atoms with Crippen LogP contribution in [-0.4, -0.2) is 12.1 Å². The molecule has 0 unspecified atom stereocenters. The van der Waals surface area contributed by atoms with E-state index in [-0.39, 0.29) is 0 Å². The summed E-state index contributed by atoms with van der Waals surface area (Å²) in [5, 5.41) is 2.05. The van der Waals surface area contributed by atoms with Crippen molar-refractivity contribution in [2.24, 2.45) is 11.5 Å². The van der Waals surface area contributed by atoms with Gasteiger partial charge in [0.25, 0.3) is 0 Å². The van der Waals surface area contributed by atoms with Gasteiger partial charge in [-0.15, -0.1) is 0 Å². The summed E-state index contributed by atoms with van der Waals surface area (Å²) >= 11 is 0. The Kier molecular flexibility index (Phi) is 3.85. The van der Waals surface area contributed by atoms with E-state index in [1.165, 1.54) is 0 Å². The summed E-state index contributed by atoms with van der Waals surface area (Å²) in [4.78, 5) is 23.4. The molecule has 4 amide bonds. The molecule has 4 N–H and O–H groups in total. The highest BCUT2D eigenvalue weighted by molar-refractivity contribution is 6.04. The number of nitrogens with two attached hydrogens (primary N) is 2. The zero-order valence-electron chi connectivity index (χ0n) is 10.6. The lowest BCUT2D eigenvalue weighted by molar-refractivity contribution is 0.245. The molecule has 0 saturated heterocycles. The Morgan fingerprint density at radius 3 is 1.20 bits per heavy atom. The SMILES string of the molecule is NC(=O)N(c1ccccc1)N(C(N)=O)c1ccccc1. The van der Waals surface area contributed by atoms with E-state index in [1.54, 1.807) is 60.7 Å². The van der Waals surface area contributed by atoms with Crippen LogP contribution in [0.5, 0.6) is 0 Å². The number of carbonyl (C=O) groups excluding carboxylic acids is 2. The van der Waals surface area contributed by atoms with E-state index < -0.39 is 12.1 Å². The summed E-state index contributed by atoms with van der Waals surface area (Å²) in [6.07, 6.45) is 0. The number of primary amides is 2. The number of hydrazine groups is 1. The van der Waals surface area contributed by atoms with E-state index in [0.29, 0.717) is 11.4 Å². The van der Waals surface area contributed by atoms with Gasteiger partial charge in [0.15, 0.2) is 0 Å². The van der Waals surface area contributed by atoms with Gasteiger partial charge in [0.2, 0.25) is 0 Å². The summed E-state index contributed by atoms with van der Waals surface area (Å²) in [6.45, 7) is 0. The van der Waals surface area contributed by atoms with E-state index in [1.807, 2.05) is 0 Å². The van der Waals surface area contributed by atoms with Gasteiger partial charge in [0.1, 0.15) is 0 Å². The van der Waals surface area contributed by atoms with Gasteiger partial charge in [0.05, 0.1) is 11.4 Å². The van der Waals surface area contributed by atoms with Crippen molar-refractivity contribution < 1.29 is 9.59 Å². The highest BCUT2D eigenvalue weighted by atomic mass is 16.2. The van der Waals surface area contributed by atoms with Crippen LogP contribution in [-0.2, 0) is 0 Å². The van der Waals surface area contributed by atoms with Crippen molar-refractivity contribution in [2.75, 3.05) is 10.0 Å². The topological polar surface area (TPSA) is 92.7 Å². The fourth-order valence-corrected chi connectivity index (χ4v) is 1.82. The van der Waals surface area contributed by atoms with E-state index >= 15 is 0 Å². The third kappa shape index (κ3) is 2.69. The molecule has 0 fully saturated rings. The molecule has 0 spiro atoms. The number of urea groups is 2. The molecule has 0 saturated carbocycles. The van der Waals surface area contributed by atoms with Crippen LogP contribution in [0.1, 0.15) is 0 Å². The highest BCUT2D eigenvalue weighted by Crippen LogP contribution is 2.22. The molecule has 20 heavy (non-hydrogen) atoms. The predicted molar refractivity (Wildman–Crippen MR) is 77.0 cm³/mol. The summed E-state index contributed by atoms with van der Waals surface area (Å²) in [7, 11) is 0. The third-order valence-electron chi connectivity index (χ3n) is 2.62. The largest absolute Gasteiger partial charge is 0.350 e. The van der Waals surface area contributed by atoms with Crippen molar-refractivity contribution in [3.8, 4) is 0 Å². The fraction of sp³-hybridized carbons (Fsp3) is 0. The first-order chi connectivity index (χ1) is 9.61. The van der Waals surface area contributed by atoms with Crippen LogP contribution >= 0.6 is 0 Å². The summed E-state index contributed by atoms with van der Waals surface area (Å²) < 4.78 is 0. The molecule has 0 atom stereocenters. The first-order valence-electron chi connectivity index (χ1n) is 5.90. The quantitative estimate of drug-likeness (QED) is 0.817. The standard InChI is InChI=1S/C14H14N4O2/c15-13(19)17(11-7-3-1-4-8-11)18(14(16)20)12-9-5-2-6-10-12/h1-10H,(H2,15,19)(H2,16,20). The number of para-hydroxylation sites is 2. The predicted octanol–water partition coefficient (Wildman–Crippen LogP) is 2.07. The average Bonchev–Trinajstić information content (AvgIpc) is 2.45. The van der Waals surface area contributed by atoms with Crippen LogP contribution in [0.3, 0.4) is 0 Å². The Morgan fingerprint density at radius 2 is 0.950 bits per heavy atom. The Balaban J connectivity index is 2.50. The van der Waals surface area contributed by atoms with Gasteiger partial charge in [-0.25, -0.2) is 9.59 Å². The summed E-state index contributed by atoms with van der Waals surface area (Å²) in [5.41, 5.74) is 11.7. The highest BCUT2D eigenvalue weighted by Gasteiger charge is 2.25. The molecule has 0 radical (unpaired) electrons. The van der Waals surface area contributed by atoms with Crippen molar-refractivity contribution in [1.82, 2.24) is 0 Å². The third-order valence-corrected chi connectivity index (χ3v) is 2.62. The normalized spacial score (nSPS) is 9.80. The molecule has 0 aliphatic heterocycles. The van der Waals surface area contributed by atoms with Crippen LogP contribution in [0.4, 0.5) is 21.0 Å². The molecule has 6 heteroatoms. The van der Waals surface area contributed by atoms with E-state index in [2.05, 4.69) is 0 Å². The number of amides is 4. The van der Waals surface area contributed by atoms with Gasteiger partial charge in [-0.05, 0) is 24.3 Å². The zero-order chi connectivity index (χ0) is 14.5. The minimum Gasteiger partial charge on any atom is -0.350 e. The molecular weight excluding hydrogens is 256 g/mol. The Bertz CT molecular complexity index is 546. The molecule has 2 aromatic carbocycles. The summed E-state index contributed by atoms with van der Waals surface area (Å²) in [5.74, 6) is 0. The lowest BCUT2D eigenvalue weighted by atomic mass is 10.3. The number of anilines is 2. The number of hydrogen-bond acceptors (Lipinski definition) is 2. The summed E-state index contributed by atoms with van der Waals surface area (Å²) in [6, 6.07) is 15.5. The molecule has 0 heterocycles. The molecule has 0 aromatic heterocycles. The monoisotopic (exact) mass is 270 g/mol. The van der Waals surface area contributed by atoms with Crippen molar-refractivity contribution >= 4 is 23.4 Å². The molecular formula is C14H14N4O2. The van der Waals surface area contributed by atoms with Gasteiger partial charge in [-0.3, -0.25) is 0 Å². The molecule has 102 valence electrons. The van der Waals surface area contributed by atoms with Crippen LogP contribution < -0.4 is 21.5 Å². The van der Waals surface area contributed by atoms with Crippen LogP contribution in [0.2, 0.25) is 0 Å². The minimum atomic E-state index is -0.807. The molecule has 2 rings (SSSR count). The lowest BCUT2D eigenvalue weighted by Crippen LogP contribution is -2.54. The van der Waals surface area contributed by atoms with Crippen LogP contribution in [0.15, 0.2) is 60.7 Å². The zero-order valence-corrected chi connectivity index (χ0v) is 10.6. The Morgan fingerprint density at radius 1 is 0.650 bits per heavy atom. The molecule has 0 bridgehead atoms. The molecule has 6 nitrogen and oxygen atoms in total. The van der Waals surface area contributed by atoms with Gasteiger partial charge in [-0.2, -0.15) is 10.0 Å². The van der Waals surface area contributed by atoms with Gasteiger partial charge < -0.3 is 11.5 Å². The lowest BCUT2D eigenvalue weighted by Gasteiger charge is -2.31. The van der Waals surface area contributed by atoms with E-state index in [0.717, 1.165) is 10.0 Å². The fourth-order valence-electron chi connectivity index (χ4n) is 1.82. The minimum absolute atomic E-state index is 0.447. The number of hydrogen-bond donors (Lipinski definition) is 2. The second kappa shape index (κ2) is 5.75. The van der Waals surface area contributed by atoms with Crippen molar-refractivity contribution in [1.29, 1.82) is 0 Å². The molecule has 2 aromatic rings. The average molecular weight is 270 g/mol. The number of benzene rings is 2. The second-order valence-corrected chi connectivity index (χ2v) is 3.97. The Hall–Kier alpha value is -3.02. The first kappa shape index (κ1) is 13.4. The molecule has 0 aliphatic rings. The number of rotatable bonds is 2. The maximum Gasteiger partial charge on any atom is 0.338 e. The Labute approximate surface area is 116 Å². The smallest absolute Gasteiger partial charge is 0.338 e. The van der Waals surface area contributed by atoms with Crippen LogP contribution in [0.25, 0.3) is 0 Å². The maximum atomic E-state index is 11.7. The maximum absolute atomic E-state index is 11.7. The van der Waals surface area contributed by atoms with Crippen molar-refractivity contribution in [2.45, 2.75) is 0 Å². The van der Waals surface area contributed by atoms with Gasteiger partial charge in [-0.1, -0.05) is 36.4 Å². The number of nitrogens with zero attached hydrogens (tertiary/aromatic N) is 2. The van der Waals surface area contributed by atoms with E-state index in [9.17, 15) is 9.59 Å². The van der Waals surface area contributed by atoms with Crippen molar-refractivity contribution in [3.05, 3.63) is 60.7 Å². The van der Waals surface area contributed by atoms with Crippen molar-refractivity contribution in [3.63, 3.8) is 0 Å². The second-order valence-electron chi connectivity index (χ2n) is 3.97. The van der Waals surface area contributed by atoms with Crippen LogP contribution in [0, 0.1) is 0 Å². The van der Waals surface area contributed by atoms with Gasteiger partial charge in [0, 0.05) is 0 Å².